The molecule has 1 aromatic heterocycles. The summed E-state index contributed by atoms with van der Waals surface area (Å²) in [7, 11) is 0. The van der Waals surface area contributed by atoms with Gasteiger partial charge in [0.05, 0.1) is 5.56 Å². The van der Waals surface area contributed by atoms with Crippen LogP contribution in [0.5, 0.6) is 0 Å². The van der Waals surface area contributed by atoms with Crippen molar-refractivity contribution in [2.24, 2.45) is 5.73 Å². The van der Waals surface area contributed by atoms with Crippen molar-refractivity contribution in [2.75, 3.05) is 6.61 Å². The molecule has 0 radical (unpaired) electrons. The Hall–Kier alpha value is -2.16. The molecule has 6 nitrogen and oxygen atoms in total. The molecule has 0 bridgehead atoms. The summed E-state index contributed by atoms with van der Waals surface area (Å²) < 4.78 is 36.6. The monoisotopic (exact) mass is 263 g/mol. The van der Waals surface area contributed by atoms with Gasteiger partial charge in [-0.3, -0.25) is 19.4 Å². The maximum absolute atomic E-state index is 12.2. The van der Waals surface area contributed by atoms with E-state index in [1.54, 1.807) is 5.48 Å². The van der Waals surface area contributed by atoms with Gasteiger partial charge < -0.3 is 5.73 Å². The van der Waals surface area contributed by atoms with Gasteiger partial charge in [-0.2, -0.15) is 13.2 Å². The maximum atomic E-state index is 12.2. The van der Waals surface area contributed by atoms with Crippen LogP contribution in [0.25, 0.3) is 0 Å². The number of carbonyl (C=O) groups is 2. The predicted octanol–water partition coefficient (Wildman–Crippen LogP) is 0.247. The van der Waals surface area contributed by atoms with Crippen LogP contribution in [0, 0.1) is 0 Å². The fourth-order valence-electron chi connectivity index (χ4n) is 0.921. The first-order valence-electron chi connectivity index (χ1n) is 4.54. The van der Waals surface area contributed by atoms with Crippen molar-refractivity contribution < 1.29 is 27.6 Å². The van der Waals surface area contributed by atoms with E-state index in [0.29, 0.717) is 12.3 Å². The Bertz CT molecular complexity index is 445. The number of hydrogen-bond donors (Lipinski definition) is 2. The summed E-state index contributed by atoms with van der Waals surface area (Å²) in [6.45, 7) is -0.549. The highest BCUT2D eigenvalue weighted by molar-refractivity contribution is 5.91. The maximum Gasteiger partial charge on any atom is 0.417 e. The van der Waals surface area contributed by atoms with Gasteiger partial charge in [0.2, 0.25) is 5.91 Å². The van der Waals surface area contributed by atoms with Crippen molar-refractivity contribution in [1.29, 1.82) is 0 Å². The molecule has 18 heavy (non-hydrogen) atoms. The Kier molecular flexibility index (Phi) is 4.21. The number of primary amides is 1. The normalized spacial score (nSPS) is 11.1. The van der Waals surface area contributed by atoms with Gasteiger partial charge in [0, 0.05) is 6.20 Å². The summed E-state index contributed by atoms with van der Waals surface area (Å²) in [5, 5.41) is 0. The van der Waals surface area contributed by atoms with E-state index in [0.717, 1.165) is 6.07 Å². The SMILES string of the molecule is NC(=O)CONC(=O)c1ccc(C(F)(F)F)cn1. The van der Waals surface area contributed by atoms with Crippen LogP contribution in [0.3, 0.4) is 0 Å². The first-order valence-corrected chi connectivity index (χ1v) is 4.54. The molecule has 1 heterocycles. The molecule has 0 unspecified atom stereocenters. The number of carbonyl (C=O) groups excluding carboxylic acids is 2. The van der Waals surface area contributed by atoms with Crippen molar-refractivity contribution in [1.82, 2.24) is 10.5 Å². The Morgan fingerprint density at radius 2 is 2.06 bits per heavy atom. The Morgan fingerprint density at radius 3 is 2.50 bits per heavy atom. The number of halogens is 3. The molecule has 0 saturated heterocycles. The molecule has 1 aromatic rings. The molecule has 3 N–H and O–H groups in total. The van der Waals surface area contributed by atoms with Gasteiger partial charge in [0.25, 0.3) is 5.91 Å². The lowest BCUT2D eigenvalue weighted by atomic mass is 10.2. The Labute approximate surface area is 98.9 Å². The summed E-state index contributed by atoms with van der Waals surface area (Å²) in [4.78, 5) is 29.2. The highest BCUT2D eigenvalue weighted by atomic mass is 19.4. The molecule has 0 aliphatic carbocycles. The van der Waals surface area contributed by atoms with Crippen LogP contribution in [0.2, 0.25) is 0 Å². The molecule has 2 amide bonds. The standard InChI is InChI=1S/C9H8F3N3O3/c10-9(11,12)5-1-2-6(14-3-5)8(17)15-18-4-7(13)16/h1-3H,4H2,(H2,13,16)(H,15,17). The fraction of sp³-hybridized carbons (Fsp3) is 0.222. The molecule has 98 valence electrons. The van der Waals surface area contributed by atoms with Crippen LogP contribution < -0.4 is 11.2 Å². The molecule has 0 atom stereocenters. The fourth-order valence-corrected chi connectivity index (χ4v) is 0.921. The Balaban J connectivity index is 2.62. The summed E-state index contributed by atoms with van der Waals surface area (Å²) >= 11 is 0. The van der Waals surface area contributed by atoms with Gasteiger partial charge in [0.1, 0.15) is 5.69 Å². The number of nitrogens with two attached hydrogens (primary N) is 1. The molecule has 9 heteroatoms. The van der Waals surface area contributed by atoms with Crippen molar-refractivity contribution in [3.8, 4) is 0 Å². The smallest absolute Gasteiger partial charge is 0.368 e. The number of hydroxylamine groups is 1. The summed E-state index contributed by atoms with van der Waals surface area (Å²) in [5.74, 6) is -1.69. The number of rotatable bonds is 4. The van der Waals surface area contributed by atoms with E-state index in [1.807, 2.05) is 0 Å². The number of nitrogens with zero attached hydrogens (tertiary/aromatic N) is 1. The van der Waals surface area contributed by atoms with Gasteiger partial charge in [-0.05, 0) is 12.1 Å². The van der Waals surface area contributed by atoms with Crippen LogP contribution >= 0.6 is 0 Å². The van der Waals surface area contributed by atoms with E-state index in [1.165, 1.54) is 0 Å². The van der Waals surface area contributed by atoms with Gasteiger partial charge >= 0.3 is 6.18 Å². The second-order valence-electron chi connectivity index (χ2n) is 3.12. The third-order valence-corrected chi connectivity index (χ3v) is 1.70. The lowest BCUT2D eigenvalue weighted by molar-refractivity contribution is -0.137. The van der Waals surface area contributed by atoms with Gasteiger partial charge in [-0.25, -0.2) is 5.48 Å². The lowest BCUT2D eigenvalue weighted by Gasteiger charge is -2.07. The number of aromatic nitrogens is 1. The molecule has 0 aliphatic heterocycles. The van der Waals surface area contributed by atoms with Crippen molar-refractivity contribution in [3.63, 3.8) is 0 Å². The largest absolute Gasteiger partial charge is 0.417 e. The van der Waals surface area contributed by atoms with E-state index >= 15 is 0 Å². The van der Waals surface area contributed by atoms with Crippen molar-refractivity contribution in [2.45, 2.75) is 6.18 Å². The second-order valence-corrected chi connectivity index (χ2v) is 3.12. The number of nitrogens with one attached hydrogen (secondary N) is 1. The number of hydrogen-bond acceptors (Lipinski definition) is 4. The zero-order valence-corrected chi connectivity index (χ0v) is 8.82. The molecule has 0 saturated carbocycles. The minimum atomic E-state index is -4.52. The molecule has 1 rings (SSSR count). The van der Waals surface area contributed by atoms with Gasteiger partial charge in [-0.1, -0.05) is 0 Å². The van der Waals surface area contributed by atoms with Crippen LogP contribution in [-0.4, -0.2) is 23.4 Å². The molecule has 0 spiro atoms. The van der Waals surface area contributed by atoms with Gasteiger partial charge in [0.15, 0.2) is 6.61 Å². The van der Waals surface area contributed by atoms with Gasteiger partial charge in [-0.15, -0.1) is 0 Å². The highest BCUT2D eigenvalue weighted by Gasteiger charge is 2.30. The summed E-state index contributed by atoms with van der Waals surface area (Å²) in [5.41, 5.74) is 5.27. The van der Waals surface area contributed by atoms with E-state index in [9.17, 15) is 22.8 Å². The van der Waals surface area contributed by atoms with E-state index < -0.39 is 30.2 Å². The third kappa shape index (κ3) is 4.01. The molecule has 0 aliphatic rings. The summed E-state index contributed by atoms with van der Waals surface area (Å²) in [6.07, 6.45) is -4.01. The number of amides is 2. The van der Waals surface area contributed by atoms with Crippen LogP contribution in [0.15, 0.2) is 18.3 Å². The van der Waals surface area contributed by atoms with Crippen LogP contribution in [-0.2, 0) is 15.8 Å². The average Bonchev–Trinajstić information content (AvgIpc) is 2.27. The molecular weight excluding hydrogens is 255 g/mol. The lowest BCUT2D eigenvalue weighted by Crippen LogP contribution is -2.29. The quantitative estimate of drug-likeness (QED) is 0.761. The van der Waals surface area contributed by atoms with E-state index in [-0.39, 0.29) is 5.69 Å². The highest BCUT2D eigenvalue weighted by Crippen LogP contribution is 2.28. The minimum Gasteiger partial charge on any atom is -0.368 e. The number of alkyl halides is 3. The average molecular weight is 263 g/mol. The second kappa shape index (κ2) is 5.45. The van der Waals surface area contributed by atoms with Crippen LogP contribution in [0.1, 0.15) is 16.1 Å². The van der Waals surface area contributed by atoms with Crippen molar-refractivity contribution >= 4 is 11.8 Å². The molecular formula is C9H8F3N3O3. The molecule has 0 aromatic carbocycles. The first-order chi connectivity index (χ1) is 8.30. The van der Waals surface area contributed by atoms with Crippen LogP contribution in [0.4, 0.5) is 13.2 Å². The predicted molar refractivity (Wildman–Crippen MR) is 51.9 cm³/mol. The Morgan fingerprint density at radius 1 is 1.39 bits per heavy atom. The zero-order valence-electron chi connectivity index (χ0n) is 8.82. The van der Waals surface area contributed by atoms with E-state index in [2.05, 4.69) is 9.82 Å². The number of pyridine rings is 1. The zero-order chi connectivity index (χ0) is 13.8. The topological polar surface area (TPSA) is 94.3 Å². The first kappa shape index (κ1) is 13.9. The third-order valence-electron chi connectivity index (χ3n) is 1.70. The molecule has 0 fully saturated rings. The minimum absolute atomic E-state index is 0.285. The summed E-state index contributed by atoms with van der Waals surface area (Å²) in [6, 6.07) is 1.59. The van der Waals surface area contributed by atoms with E-state index in [4.69, 9.17) is 5.73 Å². The van der Waals surface area contributed by atoms with Crippen molar-refractivity contribution in [3.05, 3.63) is 29.6 Å².